The van der Waals surface area contributed by atoms with Gasteiger partial charge in [-0.05, 0) is 68.3 Å². The van der Waals surface area contributed by atoms with Gasteiger partial charge in [0.2, 0.25) is 5.91 Å². The quantitative estimate of drug-likeness (QED) is 0.741. The number of carbonyl (C=O) groups excluding carboxylic acids is 1. The lowest BCUT2D eigenvalue weighted by Crippen LogP contribution is -2.23. The van der Waals surface area contributed by atoms with Gasteiger partial charge in [0.1, 0.15) is 0 Å². The lowest BCUT2D eigenvalue weighted by Gasteiger charge is -2.16. The van der Waals surface area contributed by atoms with E-state index in [1.54, 1.807) is 0 Å². The van der Waals surface area contributed by atoms with Crippen molar-refractivity contribution >= 4 is 17.3 Å². The third-order valence-electron chi connectivity index (χ3n) is 4.94. The van der Waals surface area contributed by atoms with Crippen molar-refractivity contribution in [1.82, 2.24) is 9.78 Å². The minimum Gasteiger partial charge on any atom is -0.381 e. The van der Waals surface area contributed by atoms with Crippen LogP contribution in [0.2, 0.25) is 0 Å². The molecule has 2 aromatic carbocycles. The zero-order chi connectivity index (χ0) is 18.8. The van der Waals surface area contributed by atoms with Gasteiger partial charge in [0.15, 0.2) is 0 Å². The monoisotopic (exact) mass is 360 g/mol. The summed E-state index contributed by atoms with van der Waals surface area (Å²) < 4.78 is 1.96. The molecule has 1 aliphatic rings. The van der Waals surface area contributed by atoms with Gasteiger partial charge in [-0.2, -0.15) is 5.10 Å². The van der Waals surface area contributed by atoms with Crippen LogP contribution in [0.15, 0.2) is 54.6 Å². The molecular weight excluding hydrogens is 336 g/mol. The maximum Gasteiger partial charge on any atom is 0.227 e. The molecule has 5 heteroatoms. The number of hydrogen-bond donors (Lipinski definition) is 1. The molecule has 1 N–H and O–H groups in total. The molecule has 1 saturated heterocycles. The fourth-order valence-corrected chi connectivity index (χ4v) is 3.53. The zero-order valence-electron chi connectivity index (χ0n) is 15.8. The van der Waals surface area contributed by atoms with Gasteiger partial charge >= 0.3 is 0 Å². The third-order valence-corrected chi connectivity index (χ3v) is 4.94. The number of rotatable bonds is 5. The normalized spacial score (nSPS) is 14.0. The Morgan fingerprint density at radius 3 is 2.30 bits per heavy atom. The second kappa shape index (κ2) is 7.27. The fourth-order valence-electron chi connectivity index (χ4n) is 3.53. The molecule has 1 amide bonds. The van der Waals surface area contributed by atoms with Crippen LogP contribution >= 0.6 is 0 Å². The first-order valence-electron chi connectivity index (χ1n) is 9.37. The predicted octanol–water partition coefficient (Wildman–Crippen LogP) is 4.23. The van der Waals surface area contributed by atoms with Crippen LogP contribution in [0.3, 0.4) is 0 Å². The average Bonchev–Trinajstić information content (AvgIpc) is 3.25. The summed E-state index contributed by atoms with van der Waals surface area (Å²) in [5.74, 6) is 0.226. The van der Waals surface area contributed by atoms with Crippen LogP contribution in [0.1, 0.15) is 29.8 Å². The molecule has 5 nitrogen and oxygen atoms in total. The van der Waals surface area contributed by atoms with Gasteiger partial charge in [0.25, 0.3) is 0 Å². The predicted molar refractivity (Wildman–Crippen MR) is 108 cm³/mol. The average molecular weight is 360 g/mol. The second-order valence-corrected chi connectivity index (χ2v) is 7.05. The van der Waals surface area contributed by atoms with Crippen molar-refractivity contribution in [2.45, 2.75) is 33.2 Å². The first-order chi connectivity index (χ1) is 13.1. The van der Waals surface area contributed by atoms with Crippen molar-refractivity contribution in [1.29, 1.82) is 0 Å². The number of nitrogens with one attached hydrogen (secondary N) is 1. The largest absolute Gasteiger partial charge is 0.381 e. The number of hydrogen-bond acceptors (Lipinski definition) is 3. The smallest absolute Gasteiger partial charge is 0.227 e. The molecule has 0 aliphatic carbocycles. The molecule has 4 rings (SSSR count). The van der Waals surface area contributed by atoms with E-state index in [2.05, 4.69) is 59.8 Å². The SMILES string of the molecule is Cc1cc(C)n(-c2ccc(NCc3ccc(N4CCCC4=O)cc3)cc2)n1. The summed E-state index contributed by atoms with van der Waals surface area (Å²) >= 11 is 0. The van der Waals surface area contributed by atoms with Gasteiger partial charge in [0.05, 0.1) is 11.4 Å². The molecule has 2 heterocycles. The minimum absolute atomic E-state index is 0.226. The number of aromatic nitrogens is 2. The molecule has 1 aliphatic heterocycles. The molecule has 3 aromatic rings. The Bertz CT molecular complexity index is 941. The Morgan fingerprint density at radius 1 is 1.00 bits per heavy atom. The van der Waals surface area contributed by atoms with Crippen molar-refractivity contribution in [3.63, 3.8) is 0 Å². The summed E-state index contributed by atoms with van der Waals surface area (Å²) in [6.45, 7) is 5.64. The van der Waals surface area contributed by atoms with Gasteiger partial charge in [-0.15, -0.1) is 0 Å². The first-order valence-corrected chi connectivity index (χ1v) is 9.37. The fraction of sp³-hybridized carbons (Fsp3) is 0.273. The summed E-state index contributed by atoms with van der Waals surface area (Å²) in [6, 6.07) is 18.6. The highest BCUT2D eigenvalue weighted by molar-refractivity contribution is 5.95. The van der Waals surface area contributed by atoms with Gasteiger partial charge in [-0.3, -0.25) is 4.79 Å². The van der Waals surface area contributed by atoms with Gasteiger partial charge < -0.3 is 10.2 Å². The van der Waals surface area contributed by atoms with E-state index in [-0.39, 0.29) is 5.91 Å². The van der Waals surface area contributed by atoms with Crippen LogP contribution < -0.4 is 10.2 Å². The molecule has 138 valence electrons. The zero-order valence-corrected chi connectivity index (χ0v) is 15.8. The van der Waals surface area contributed by atoms with Crippen LogP contribution in [-0.2, 0) is 11.3 Å². The van der Waals surface area contributed by atoms with Crippen molar-refractivity contribution in [2.24, 2.45) is 0 Å². The van der Waals surface area contributed by atoms with Crippen LogP contribution in [-0.4, -0.2) is 22.2 Å². The van der Waals surface area contributed by atoms with Crippen LogP contribution in [0, 0.1) is 13.8 Å². The van der Waals surface area contributed by atoms with E-state index in [1.807, 2.05) is 28.6 Å². The van der Waals surface area contributed by atoms with Crippen molar-refractivity contribution in [3.8, 4) is 5.69 Å². The van der Waals surface area contributed by atoms with E-state index in [0.717, 1.165) is 48.0 Å². The van der Waals surface area contributed by atoms with Crippen molar-refractivity contribution in [2.75, 3.05) is 16.8 Å². The number of carbonyl (C=O) groups is 1. The molecule has 0 spiro atoms. The lowest BCUT2D eigenvalue weighted by atomic mass is 10.2. The van der Waals surface area contributed by atoms with Crippen LogP contribution in [0.5, 0.6) is 0 Å². The lowest BCUT2D eigenvalue weighted by molar-refractivity contribution is -0.117. The highest BCUT2D eigenvalue weighted by Crippen LogP contribution is 2.22. The molecule has 0 radical (unpaired) electrons. The summed E-state index contributed by atoms with van der Waals surface area (Å²) in [5.41, 5.74) is 6.46. The van der Waals surface area contributed by atoms with E-state index in [1.165, 1.54) is 5.56 Å². The molecule has 1 fully saturated rings. The number of aryl methyl sites for hydroxylation is 2. The van der Waals surface area contributed by atoms with Crippen molar-refractivity contribution < 1.29 is 4.79 Å². The summed E-state index contributed by atoms with van der Waals surface area (Å²) in [4.78, 5) is 13.7. The standard InChI is InChI=1S/C22H24N4O/c1-16-14-17(2)26(24-16)21-11-7-19(8-12-21)23-15-18-5-9-20(10-6-18)25-13-3-4-22(25)27/h5-12,14,23H,3-4,13,15H2,1-2H3. The number of amides is 1. The maximum absolute atomic E-state index is 11.8. The van der Waals surface area contributed by atoms with E-state index >= 15 is 0 Å². The highest BCUT2D eigenvalue weighted by Gasteiger charge is 2.21. The molecule has 27 heavy (non-hydrogen) atoms. The van der Waals surface area contributed by atoms with E-state index in [0.29, 0.717) is 6.42 Å². The second-order valence-electron chi connectivity index (χ2n) is 7.05. The van der Waals surface area contributed by atoms with E-state index in [9.17, 15) is 4.79 Å². The third kappa shape index (κ3) is 3.72. The number of nitrogens with zero attached hydrogens (tertiary/aromatic N) is 3. The Labute approximate surface area is 159 Å². The minimum atomic E-state index is 0.226. The Hall–Kier alpha value is -3.08. The number of benzene rings is 2. The van der Waals surface area contributed by atoms with Gasteiger partial charge in [-0.25, -0.2) is 4.68 Å². The maximum atomic E-state index is 11.8. The van der Waals surface area contributed by atoms with Crippen molar-refractivity contribution in [3.05, 3.63) is 71.5 Å². The van der Waals surface area contributed by atoms with Gasteiger partial charge in [-0.1, -0.05) is 12.1 Å². The van der Waals surface area contributed by atoms with E-state index < -0.39 is 0 Å². The summed E-state index contributed by atoms with van der Waals surface area (Å²) in [6.07, 6.45) is 1.62. The first kappa shape index (κ1) is 17.3. The summed E-state index contributed by atoms with van der Waals surface area (Å²) in [7, 11) is 0. The van der Waals surface area contributed by atoms with Crippen LogP contribution in [0.25, 0.3) is 5.69 Å². The molecule has 0 unspecified atom stereocenters. The molecule has 0 saturated carbocycles. The summed E-state index contributed by atoms with van der Waals surface area (Å²) in [5, 5.41) is 7.97. The Kier molecular flexibility index (Phi) is 4.67. The topological polar surface area (TPSA) is 50.2 Å². The molecular formula is C22H24N4O. The number of anilines is 2. The Morgan fingerprint density at radius 2 is 1.70 bits per heavy atom. The Balaban J connectivity index is 1.38. The molecule has 1 aromatic heterocycles. The van der Waals surface area contributed by atoms with E-state index in [4.69, 9.17) is 0 Å². The van der Waals surface area contributed by atoms with Gasteiger partial charge in [0, 0.05) is 36.6 Å². The van der Waals surface area contributed by atoms with Crippen LogP contribution in [0.4, 0.5) is 11.4 Å². The highest BCUT2D eigenvalue weighted by atomic mass is 16.2. The molecule has 0 atom stereocenters. The molecule has 0 bridgehead atoms.